The molecule has 2 aromatic rings. The molecule has 0 amide bonds. The Labute approximate surface area is 91.6 Å². The fourth-order valence-corrected chi connectivity index (χ4v) is 2.12. The minimum Gasteiger partial charge on any atom is -0.379 e. The van der Waals surface area contributed by atoms with Crippen LogP contribution in [0, 0.1) is 0 Å². The molecule has 0 aliphatic heterocycles. The quantitative estimate of drug-likeness (QED) is 0.865. The second-order valence-electron chi connectivity index (χ2n) is 2.83. The van der Waals surface area contributed by atoms with Gasteiger partial charge >= 0.3 is 0 Å². The lowest BCUT2D eigenvalue weighted by atomic mass is 10.4. The van der Waals surface area contributed by atoms with Gasteiger partial charge in [0.2, 0.25) is 0 Å². The number of nitrogens with one attached hydrogen (secondary N) is 1. The summed E-state index contributed by atoms with van der Waals surface area (Å²) in [6.45, 7) is 0.795. The smallest absolute Gasteiger partial charge is 0.0529 e. The van der Waals surface area contributed by atoms with E-state index in [2.05, 4.69) is 10.3 Å². The highest BCUT2D eigenvalue weighted by molar-refractivity contribution is 7.10. The van der Waals surface area contributed by atoms with Gasteiger partial charge < -0.3 is 5.32 Å². The van der Waals surface area contributed by atoms with Crippen LogP contribution in [0.15, 0.2) is 36.0 Å². The van der Waals surface area contributed by atoms with E-state index < -0.39 is 0 Å². The standard InChI is InChI=1S/C10H9ClN2S/c11-8-4-10(14-7-8)6-13-9-2-1-3-12-5-9/h1-5,7,13H,6H2. The summed E-state index contributed by atoms with van der Waals surface area (Å²) >= 11 is 7.47. The molecule has 14 heavy (non-hydrogen) atoms. The summed E-state index contributed by atoms with van der Waals surface area (Å²) in [6.07, 6.45) is 3.56. The van der Waals surface area contributed by atoms with Crippen LogP contribution in [0.25, 0.3) is 0 Å². The summed E-state index contributed by atoms with van der Waals surface area (Å²) < 4.78 is 0. The number of rotatable bonds is 3. The van der Waals surface area contributed by atoms with Crippen molar-refractivity contribution in [2.24, 2.45) is 0 Å². The molecule has 0 saturated heterocycles. The minimum atomic E-state index is 0.795. The monoisotopic (exact) mass is 224 g/mol. The molecule has 1 N–H and O–H groups in total. The SMILES string of the molecule is Clc1csc(CNc2cccnc2)c1. The van der Waals surface area contributed by atoms with Gasteiger partial charge in [-0.05, 0) is 18.2 Å². The molecule has 72 valence electrons. The second kappa shape index (κ2) is 4.44. The number of pyridine rings is 1. The van der Waals surface area contributed by atoms with Crippen molar-refractivity contribution in [3.63, 3.8) is 0 Å². The molecule has 2 nitrogen and oxygen atoms in total. The Bertz CT molecular complexity index is 400. The lowest BCUT2D eigenvalue weighted by Gasteiger charge is -2.02. The topological polar surface area (TPSA) is 24.9 Å². The molecule has 0 bridgehead atoms. The fraction of sp³-hybridized carbons (Fsp3) is 0.100. The third-order valence-electron chi connectivity index (χ3n) is 1.75. The molecule has 2 rings (SSSR count). The summed E-state index contributed by atoms with van der Waals surface area (Å²) in [6, 6.07) is 5.86. The lowest BCUT2D eigenvalue weighted by molar-refractivity contribution is 1.17. The molecule has 0 saturated carbocycles. The van der Waals surface area contributed by atoms with Crippen molar-refractivity contribution in [1.29, 1.82) is 0 Å². The molecule has 0 aliphatic rings. The van der Waals surface area contributed by atoms with Crippen LogP contribution >= 0.6 is 22.9 Å². The van der Waals surface area contributed by atoms with E-state index in [1.54, 1.807) is 23.7 Å². The zero-order valence-corrected chi connectivity index (χ0v) is 8.98. The Morgan fingerprint density at radius 2 is 2.43 bits per heavy atom. The van der Waals surface area contributed by atoms with E-state index in [0.29, 0.717) is 0 Å². The fourth-order valence-electron chi connectivity index (χ4n) is 1.10. The predicted molar refractivity (Wildman–Crippen MR) is 60.9 cm³/mol. The van der Waals surface area contributed by atoms with Crippen molar-refractivity contribution >= 4 is 28.6 Å². The van der Waals surface area contributed by atoms with Crippen LogP contribution in [0.2, 0.25) is 5.02 Å². The Kier molecular flexibility index (Phi) is 3.01. The highest BCUT2D eigenvalue weighted by Crippen LogP contribution is 2.19. The molecule has 2 aromatic heterocycles. The average Bonchev–Trinajstić information content (AvgIpc) is 2.63. The van der Waals surface area contributed by atoms with E-state index >= 15 is 0 Å². The van der Waals surface area contributed by atoms with Gasteiger partial charge in [-0.1, -0.05) is 11.6 Å². The Morgan fingerprint density at radius 1 is 1.50 bits per heavy atom. The number of thiophene rings is 1. The number of nitrogens with zero attached hydrogens (tertiary/aromatic N) is 1. The molecule has 0 unspecified atom stereocenters. The maximum absolute atomic E-state index is 5.81. The van der Waals surface area contributed by atoms with Gasteiger partial charge in [0.1, 0.15) is 0 Å². The van der Waals surface area contributed by atoms with Crippen LogP contribution in [-0.4, -0.2) is 4.98 Å². The Balaban J connectivity index is 1.95. The molecule has 0 radical (unpaired) electrons. The molecular formula is C10H9ClN2S. The van der Waals surface area contributed by atoms with Gasteiger partial charge in [0.05, 0.1) is 10.7 Å². The van der Waals surface area contributed by atoms with Gasteiger partial charge in [-0.3, -0.25) is 4.98 Å². The first-order valence-corrected chi connectivity index (χ1v) is 5.47. The first-order chi connectivity index (χ1) is 6.84. The van der Waals surface area contributed by atoms with E-state index in [-0.39, 0.29) is 0 Å². The number of halogens is 1. The highest BCUT2D eigenvalue weighted by Gasteiger charge is 1.97. The van der Waals surface area contributed by atoms with E-state index in [0.717, 1.165) is 17.3 Å². The minimum absolute atomic E-state index is 0.795. The lowest BCUT2D eigenvalue weighted by Crippen LogP contribution is -1.96. The number of aromatic nitrogens is 1. The third-order valence-corrected chi connectivity index (χ3v) is 3.03. The zero-order valence-electron chi connectivity index (χ0n) is 7.40. The normalized spacial score (nSPS) is 10.1. The van der Waals surface area contributed by atoms with Crippen molar-refractivity contribution in [1.82, 2.24) is 4.98 Å². The summed E-state index contributed by atoms with van der Waals surface area (Å²) in [5.41, 5.74) is 1.03. The number of hydrogen-bond donors (Lipinski definition) is 1. The first-order valence-electron chi connectivity index (χ1n) is 4.21. The van der Waals surface area contributed by atoms with Crippen molar-refractivity contribution in [2.45, 2.75) is 6.54 Å². The molecular weight excluding hydrogens is 216 g/mol. The Hall–Kier alpha value is -1.06. The second-order valence-corrected chi connectivity index (χ2v) is 4.26. The summed E-state index contributed by atoms with van der Waals surface area (Å²) in [5.74, 6) is 0. The molecule has 0 spiro atoms. The van der Waals surface area contributed by atoms with E-state index in [4.69, 9.17) is 11.6 Å². The average molecular weight is 225 g/mol. The van der Waals surface area contributed by atoms with Crippen LogP contribution in [0.3, 0.4) is 0 Å². The van der Waals surface area contributed by atoms with Crippen molar-refractivity contribution < 1.29 is 0 Å². The largest absolute Gasteiger partial charge is 0.379 e. The van der Waals surface area contributed by atoms with Gasteiger partial charge in [-0.15, -0.1) is 11.3 Å². The van der Waals surface area contributed by atoms with Crippen molar-refractivity contribution in [3.8, 4) is 0 Å². The van der Waals surface area contributed by atoms with Crippen LogP contribution in [0.4, 0.5) is 5.69 Å². The van der Waals surface area contributed by atoms with Gasteiger partial charge in [0, 0.05) is 29.2 Å². The Morgan fingerprint density at radius 3 is 3.07 bits per heavy atom. The van der Waals surface area contributed by atoms with Crippen LogP contribution in [0.5, 0.6) is 0 Å². The van der Waals surface area contributed by atoms with Gasteiger partial charge in [-0.25, -0.2) is 0 Å². The van der Waals surface area contributed by atoms with Gasteiger partial charge in [0.15, 0.2) is 0 Å². The predicted octanol–water partition coefficient (Wildman–Crippen LogP) is 3.41. The van der Waals surface area contributed by atoms with Crippen LogP contribution < -0.4 is 5.32 Å². The van der Waals surface area contributed by atoms with Gasteiger partial charge in [-0.2, -0.15) is 0 Å². The molecule has 0 atom stereocenters. The molecule has 4 heteroatoms. The first kappa shape index (κ1) is 9.49. The number of anilines is 1. The molecule has 0 aromatic carbocycles. The molecule has 0 fully saturated rings. The molecule has 0 aliphatic carbocycles. The highest BCUT2D eigenvalue weighted by atomic mass is 35.5. The maximum Gasteiger partial charge on any atom is 0.0529 e. The van der Waals surface area contributed by atoms with E-state index in [9.17, 15) is 0 Å². The van der Waals surface area contributed by atoms with Crippen molar-refractivity contribution in [2.75, 3.05) is 5.32 Å². The molecule has 2 heterocycles. The van der Waals surface area contributed by atoms with Crippen LogP contribution in [0.1, 0.15) is 4.88 Å². The van der Waals surface area contributed by atoms with Crippen LogP contribution in [-0.2, 0) is 6.54 Å². The van der Waals surface area contributed by atoms with E-state index in [1.165, 1.54) is 4.88 Å². The summed E-state index contributed by atoms with van der Waals surface area (Å²) in [4.78, 5) is 5.24. The van der Waals surface area contributed by atoms with Gasteiger partial charge in [0.25, 0.3) is 0 Å². The number of hydrogen-bond acceptors (Lipinski definition) is 3. The summed E-state index contributed by atoms with van der Waals surface area (Å²) in [5, 5.41) is 6.00. The van der Waals surface area contributed by atoms with E-state index in [1.807, 2.05) is 23.6 Å². The summed E-state index contributed by atoms with van der Waals surface area (Å²) in [7, 11) is 0. The zero-order chi connectivity index (χ0) is 9.80. The third kappa shape index (κ3) is 2.47. The van der Waals surface area contributed by atoms with Crippen molar-refractivity contribution in [3.05, 3.63) is 45.9 Å². The maximum atomic E-state index is 5.81.